The number of pyridine rings is 1. The summed E-state index contributed by atoms with van der Waals surface area (Å²) in [5.41, 5.74) is 2.08. The molecule has 0 spiro atoms. The van der Waals surface area contributed by atoms with Crippen molar-refractivity contribution in [1.82, 2.24) is 4.98 Å². The average molecular weight is 202 g/mol. The minimum Gasteiger partial charge on any atom is -0.481 e. The van der Waals surface area contributed by atoms with Crippen LogP contribution in [-0.2, 0) is 0 Å². The second-order valence-corrected chi connectivity index (χ2v) is 3.60. The van der Waals surface area contributed by atoms with Gasteiger partial charge >= 0.3 is 0 Å². The molecule has 2 aromatic rings. The van der Waals surface area contributed by atoms with Crippen LogP contribution >= 0.6 is 0 Å². The number of para-hydroxylation sites is 1. The summed E-state index contributed by atoms with van der Waals surface area (Å²) >= 11 is 0. The summed E-state index contributed by atoms with van der Waals surface area (Å²) in [5.74, 6) is 0.650. The molecule has 3 nitrogen and oxygen atoms in total. The largest absolute Gasteiger partial charge is 0.481 e. The van der Waals surface area contributed by atoms with Crippen LogP contribution in [0.5, 0.6) is 5.88 Å². The first kappa shape index (κ1) is 9.77. The maximum absolute atomic E-state index is 5.13. The number of aromatic nitrogens is 1. The van der Waals surface area contributed by atoms with E-state index in [1.54, 1.807) is 7.11 Å². The quantitative estimate of drug-likeness (QED) is 0.747. The van der Waals surface area contributed by atoms with Gasteiger partial charge in [-0.3, -0.25) is 0 Å². The van der Waals surface area contributed by atoms with Gasteiger partial charge in [0.2, 0.25) is 5.88 Å². The van der Waals surface area contributed by atoms with Gasteiger partial charge in [-0.1, -0.05) is 12.1 Å². The van der Waals surface area contributed by atoms with Crippen LogP contribution in [0.25, 0.3) is 10.9 Å². The van der Waals surface area contributed by atoms with E-state index in [0.29, 0.717) is 5.88 Å². The first-order valence-corrected chi connectivity index (χ1v) is 4.83. The molecule has 0 aliphatic heterocycles. The molecule has 0 aliphatic rings. The summed E-state index contributed by atoms with van der Waals surface area (Å²) in [6, 6.07) is 10.0. The minimum atomic E-state index is 0.650. The van der Waals surface area contributed by atoms with E-state index in [2.05, 4.69) is 22.0 Å². The van der Waals surface area contributed by atoms with E-state index in [4.69, 9.17) is 4.74 Å². The molecular weight excluding hydrogens is 188 g/mol. The number of methoxy groups -OCH3 is 1. The second-order valence-electron chi connectivity index (χ2n) is 3.60. The highest BCUT2D eigenvalue weighted by molar-refractivity contribution is 5.91. The lowest BCUT2D eigenvalue weighted by molar-refractivity contribution is 0.399. The SMILES string of the molecule is COc1ccc2cccc(N(C)C)c2n1. The van der Waals surface area contributed by atoms with E-state index in [9.17, 15) is 0 Å². The van der Waals surface area contributed by atoms with Crippen LogP contribution in [0.15, 0.2) is 30.3 Å². The molecule has 0 radical (unpaired) electrons. The summed E-state index contributed by atoms with van der Waals surface area (Å²) in [6.07, 6.45) is 0. The molecule has 0 fully saturated rings. The third-order valence-corrected chi connectivity index (χ3v) is 2.36. The Morgan fingerprint density at radius 3 is 2.60 bits per heavy atom. The zero-order chi connectivity index (χ0) is 10.8. The Labute approximate surface area is 89.3 Å². The van der Waals surface area contributed by atoms with Crippen molar-refractivity contribution < 1.29 is 4.74 Å². The third-order valence-electron chi connectivity index (χ3n) is 2.36. The Balaban J connectivity index is 2.70. The van der Waals surface area contributed by atoms with Gasteiger partial charge in [0.25, 0.3) is 0 Å². The molecule has 3 heteroatoms. The highest BCUT2D eigenvalue weighted by atomic mass is 16.5. The number of hydrogen-bond acceptors (Lipinski definition) is 3. The first-order chi connectivity index (χ1) is 7.22. The predicted molar refractivity (Wildman–Crippen MR) is 62.6 cm³/mol. The van der Waals surface area contributed by atoms with Crippen molar-refractivity contribution in [1.29, 1.82) is 0 Å². The van der Waals surface area contributed by atoms with Crippen molar-refractivity contribution in [2.45, 2.75) is 0 Å². The van der Waals surface area contributed by atoms with Gasteiger partial charge in [0, 0.05) is 25.5 Å². The van der Waals surface area contributed by atoms with E-state index < -0.39 is 0 Å². The van der Waals surface area contributed by atoms with Crippen molar-refractivity contribution in [2.24, 2.45) is 0 Å². The fourth-order valence-corrected chi connectivity index (χ4v) is 1.59. The van der Waals surface area contributed by atoms with E-state index in [1.165, 1.54) is 0 Å². The third kappa shape index (κ3) is 1.73. The molecule has 1 heterocycles. The van der Waals surface area contributed by atoms with Crippen LogP contribution in [0.4, 0.5) is 5.69 Å². The number of ether oxygens (including phenoxy) is 1. The lowest BCUT2D eigenvalue weighted by atomic mass is 10.2. The van der Waals surface area contributed by atoms with E-state index in [1.807, 2.05) is 32.3 Å². The average Bonchev–Trinajstić information content (AvgIpc) is 2.27. The Hall–Kier alpha value is -1.77. The molecule has 0 amide bonds. The molecule has 0 saturated heterocycles. The summed E-state index contributed by atoms with van der Waals surface area (Å²) in [4.78, 5) is 6.50. The van der Waals surface area contributed by atoms with Crippen LogP contribution in [0.1, 0.15) is 0 Å². The van der Waals surface area contributed by atoms with Gasteiger partial charge in [0.05, 0.1) is 18.3 Å². The second kappa shape index (κ2) is 3.77. The maximum atomic E-state index is 5.13. The lowest BCUT2D eigenvalue weighted by Gasteiger charge is -2.14. The Morgan fingerprint density at radius 1 is 1.13 bits per heavy atom. The van der Waals surface area contributed by atoms with Gasteiger partial charge in [-0.2, -0.15) is 0 Å². The molecular formula is C12H14N2O. The highest BCUT2D eigenvalue weighted by Gasteiger charge is 2.04. The van der Waals surface area contributed by atoms with Crippen LogP contribution in [-0.4, -0.2) is 26.2 Å². The zero-order valence-corrected chi connectivity index (χ0v) is 9.19. The fraction of sp³-hybridized carbons (Fsp3) is 0.250. The molecule has 0 bridgehead atoms. The molecule has 2 rings (SSSR count). The molecule has 15 heavy (non-hydrogen) atoms. The molecule has 0 unspecified atom stereocenters. The number of rotatable bonds is 2. The number of fused-ring (bicyclic) bond motifs is 1. The molecule has 1 aromatic heterocycles. The molecule has 78 valence electrons. The van der Waals surface area contributed by atoms with Crippen LogP contribution in [0.2, 0.25) is 0 Å². The number of hydrogen-bond donors (Lipinski definition) is 0. The van der Waals surface area contributed by atoms with Gasteiger partial charge in [-0.15, -0.1) is 0 Å². The number of benzene rings is 1. The molecule has 0 N–H and O–H groups in total. The minimum absolute atomic E-state index is 0.650. The van der Waals surface area contributed by atoms with Gasteiger partial charge < -0.3 is 9.64 Å². The Morgan fingerprint density at radius 2 is 1.93 bits per heavy atom. The van der Waals surface area contributed by atoms with Gasteiger partial charge in [-0.05, 0) is 12.1 Å². The molecule has 0 saturated carbocycles. The predicted octanol–water partition coefficient (Wildman–Crippen LogP) is 2.31. The normalized spacial score (nSPS) is 10.3. The van der Waals surface area contributed by atoms with Crippen molar-refractivity contribution in [3.8, 4) is 5.88 Å². The van der Waals surface area contributed by atoms with Crippen molar-refractivity contribution >= 4 is 16.6 Å². The maximum Gasteiger partial charge on any atom is 0.213 e. The van der Waals surface area contributed by atoms with Crippen LogP contribution in [0, 0.1) is 0 Å². The molecule has 0 aliphatic carbocycles. The monoisotopic (exact) mass is 202 g/mol. The first-order valence-electron chi connectivity index (χ1n) is 4.83. The summed E-state index contributed by atoms with van der Waals surface area (Å²) in [5, 5.41) is 1.13. The molecule has 1 aromatic carbocycles. The van der Waals surface area contributed by atoms with Gasteiger partial charge in [0.1, 0.15) is 0 Å². The van der Waals surface area contributed by atoms with Crippen LogP contribution in [0.3, 0.4) is 0 Å². The van der Waals surface area contributed by atoms with Crippen molar-refractivity contribution in [3.63, 3.8) is 0 Å². The van der Waals surface area contributed by atoms with Crippen molar-refractivity contribution in [2.75, 3.05) is 26.1 Å². The number of nitrogens with zero attached hydrogens (tertiary/aromatic N) is 2. The summed E-state index contributed by atoms with van der Waals surface area (Å²) in [7, 11) is 5.65. The summed E-state index contributed by atoms with van der Waals surface area (Å²) < 4.78 is 5.13. The van der Waals surface area contributed by atoms with Crippen LogP contribution < -0.4 is 9.64 Å². The Kier molecular flexibility index (Phi) is 2.46. The van der Waals surface area contributed by atoms with Gasteiger partial charge in [-0.25, -0.2) is 4.98 Å². The molecule has 0 atom stereocenters. The van der Waals surface area contributed by atoms with E-state index >= 15 is 0 Å². The lowest BCUT2D eigenvalue weighted by Crippen LogP contribution is -2.09. The van der Waals surface area contributed by atoms with Gasteiger partial charge in [0.15, 0.2) is 0 Å². The highest BCUT2D eigenvalue weighted by Crippen LogP contribution is 2.25. The topological polar surface area (TPSA) is 25.4 Å². The summed E-state index contributed by atoms with van der Waals surface area (Å²) in [6.45, 7) is 0. The van der Waals surface area contributed by atoms with E-state index in [0.717, 1.165) is 16.6 Å². The zero-order valence-electron chi connectivity index (χ0n) is 9.19. The number of anilines is 1. The Bertz CT molecular complexity index is 480. The van der Waals surface area contributed by atoms with E-state index in [-0.39, 0.29) is 0 Å². The standard InChI is InChI=1S/C12H14N2O/c1-14(2)10-6-4-5-9-7-8-11(15-3)13-12(9)10/h4-8H,1-3H3. The van der Waals surface area contributed by atoms with Crippen molar-refractivity contribution in [3.05, 3.63) is 30.3 Å². The smallest absolute Gasteiger partial charge is 0.213 e. The fourth-order valence-electron chi connectivity index (χ4n) is 1.59.